The molecule has 0 radical (unpaired) electrons. The SMILES string of the molecule is CCCC/C=C/C=C\CC[CH2][Mg][Cl]. The molecule has 0 rings (SSSR count). The molecule has 0 saturated carbocycles. The zero-order valence-electron chi connectivity index (χ0n) is 8.64. The lowest BCUT2D eigenvalue weighted by molar-refractivity contribution is 0.815. The maximum atomic E-state index is 5.70. The third kappa shape index (κ3) is 12.5. The van der Waals surface area contributed by atoms with E-state index < -0.39 is 0 Å². The first-order valence-corrected chi connectivity index (χ1v) is 8.43. The van der Waals surface area contributed by atoms with Crippen molar-refractivity contribution in [1.29, 1.82) is 0 Å². The van der Waals surface area contributed by atoms with Gasteiger partial charge in [-0.3, -0.25) is 0 Å². The molecule has 0 amide bonds. The Bertz CT molecular complexity index is 141. The van der Waals surface area contributed by atoms with Crippen molar-refractivity contribution < 1.29 is 0 Å². The van der Waals surface area contributed by atoms with Gasteiger partial charge < -0.3 is 9.07 Å². The van der Waals surface area contributed by atoms with Crippen LogP contribution in [0.3, 0.4) is 0 Å². The van der Waals surface area contributed by atoms with Gasteiger partial charge in [0.15, 0.2) is 0 Å². The van der Waals surface area contributed by atoms with Crippen LogP contribution in [0.5, 0.6) is 0 Å². The van der Waals surface area contributed by atoms with E-state index in [4.69, 9.17) is 9.07 Å². The highest BCUT2D eigenvalue weighted by atomic mass is 35.5. The molecule has 0 aromatic carbocycles. The fourth-order valence-corrected chi connectivity index (χ4v) is 2.07. The van der Waals surface area contributed by atoms with Gasteiger partial charge >= 0.3 is 19.3 Å². The van der Waals surface area contributed by atoms with E-state index in [0.717, 1.165) is 0 Å². The Hall–Kier alpha value is 0.536. The molecular weight excluding hydrogens is 192 g/mol. The van der Waals surface area contributed by atoms with Crippen LogP contribution in [0.15, 0.2) is 24.3 Å². The molecule has 72 valence electrons. The molecule has 0 fully saturated rings. The summed E-state index contributed by atoms with van der Waals surface area (Å²) in [4.78, 5) is 0. The van der Waals surface area contributed by atoms with Gasteiger partial charge in [0.25, 0.3) is 0 Å². The predicted octanol–water partition coefficient (Wildman–Crippen LogP) is 4.35. The molecule has 2 heteroatoms. The Labute approximate surface area is 95.9 Å². The van der Waals surface area contributed by atoms with E-state index >= 15 is 0 Å². The zero-order valence-corrected chi connectivity index (χ0v) is 10.8. The lowest BCUT2D eigenvalue weighted by Crippen LogP contribution is -1.75. The normalized spacial score (nSPS) is 11.2. The van der Waals surface area contributed by atoms with Crippen LogP contribution < -0.4 is 0 Å². The maximum Gasteiger partial charge on any atom is 0.501 e. The van der Waals surface area contributed by atoms with Gasteiger partial charge in [0.05, 0.1) is 0 Å². The Kier molecular flexibility index (Phi) is 13.1. The first kappa shape index (κ1) is 13.5. The van der Waals surface area contributed by atoms with E-state index in [2.05, 4.69) is 31.2 Å². The minimum Gasteiger partial charge on any atom is -0.346 e. The second-order valence-electron chi connectivity index (χ2n) is 3.18. The average molecular weight is 211 g/mol. The molecule has 0 aliphatic carbocycles. The first-order valence-electron chi connectivity index (χ1n) is 5.29. The highest BCUT2D eigenvalue weighted by Crippen LogP contribution is 1.99. The Morgan fingerprint density at radius 3 is 2.23 bits per heavy atom. The molecule has 0 aliphatic rings. The van der Waals surface area contributed by atoms with Crippen molar-refractivity contribution in [2.24, 2.45) is 0 Å². The van der Waals surface area contributed by atoms with Crippen LogP contribution >= 0.6 is 9.07 Å². The number of hydrogen-bond acceptors (Lipinski definition) is 0. The molecule has 0 unspecified atom stereocenters. The molecule has 0 N–H and O–H groups in total. The van der Waals surface area contributed by atoms with Crippen molar-refractivity contribution in [1.82, 2.24) is 0 Å². The highest BCUT2D eigenvalue weighted by Gasteiger charge is 1.87. The summed E-state index contributed by atoms with van der Waals surface area (Å²) in [7, 11) is 5.70. The molecule has 0 heterocycles. The Morgan fingerprint density at radius 2 is 1.69 bits per heavy atom. The van der Waals surface area contributed by atoms with Crippen LogP contribution in [0, 0.1) is 0 Å². The van der Waals surface area contributed by atoms with Crippen molar-refractivity contribution in [3.05, 3.63) is 24.3 Å². The summed E-state index contributed by atoms with van der Waals surface area (Å²) in [5.41, 5.74) is 0. The average Bonchev–Trinajstić information content (AvgIpc) is 2.16. The molecule has 13 heavy (non-hydrogen) atoms. The van der Waals surface area contributed by atoms with Crippen molar-refractivity contribution >= 4 is 28.3 Å². The predicted molar refractivity (Wildman–Crippen MR) is 63.5 cm³/mol. The minimum absolute atomic E-state index is 0.216. The van der Waals surface area contributed by atoms with Crippen LogP contribution in [-0.4, -0.2) is 19.3 Å². The smallest absolute Gasteiger partial charge is 0.346 e. The van der Waals surface area contributed by atoms with E-state index in [9.17, 15) is 0 Å². The fraction of sp³-hybridized carbons (Fsp3) is 0.636. The lowest BCUT2D eigenvalue weighted by atomic mass is 10.2. The largest absolute Gasteiger partial charge is 0.501 e. The third-order valence-electron chi connectivity index (χ3n) is 1.86. The monoisotopic (exact) mass is 210 g/mol. The summed E-state index contributed by atoms with van der Waals surface area (Å²) in [6.45, 7) is 2.22. The summed E-state index contributed by atoms with van der Waals surface area (Å²) in [5, 5.41) is 0. The molecular formula is C11H19ClMg. The van der Waals surface area contributed by atoms with E-state index in [0.29, 0.717) is 0 Å². The molecule has 0 aromatic heterocycles. The van der Waals surface area contributed by atoms with Crippen LogP contribution in [0.25, 0.3) is 0 Å². The van der Waals surface area contributed by atoms with Crippen LogP contribution in [0.2, 0.25) is 4.55 Å². The number of unbranched alkanes of at least 4 members (excludes halogenated alkanes) is 3. The number of halogens is 1. The number of rotatable bonds is 8. The quantitative estimate of drug-likeness (QED) is 0.318. The minimum atomic E-state index is -0.216. The summed E-state index contributed by atoms with van der Waals surface area (Å²) >= 11 is -0.216. The zero-order chi connectivity index (χ0) is 9.78. The topological polar surface area (TPSA) is 0 Å². The first-order chi connectivity index (χ1) is 6.41. The second-order valence-corrected chi connectivity index (χ2v) is 5.40. The van der Waals surface area contributed by atoms with E-state index in [1.807, 2.05) is 0 Å². The molecule has 0 nitrogen and oxygen atoms in total. The van der Waals surface area contributed by atoms with Crippen molar-refractivity contribution in [3.63, 3.8) is 0 Å². The highest BCUT2D eigenvalue weighted by molar-refractivity contribution is 6.93. The molecule has 0 saturated heterocycles. The summed E-state index contributed by atoms with van der Waals surface area (Å²) in [6, 6.07) is 0. The number of allylic oxidation sites excluding steroid dienone is 4. The Balaban J connectivity index is 3.15. The van der Waals surface area contributed by atoms with Crippen molar-refractivity contribution in [2.45, 2.75) is 43.6 Å². The summed E-state index contributed by atoms with van der Waals surface area (Å²) < 4.78 is 1.27. The third-order valence-corrected chi connectivity index (χ3v) is 3.43. The van der Waals surface area contributed by atoms with Crippen molar-refractivity contribution in [2.75, 3.05) is 0 Å². The summed E-state index contributed by atoms with van der Waals surface area (Å²) in [6.07, 6.45) is 15.1. The molecule has 0 aromatic rings. The van der Waals surface area contributed by atoms with Gasteiger partial charge in [-0.15, -0.1) is 4.55 Å². The molecule has 0 atom stereocenters. The summed E-state index contributed by atoms with van der Waals surface area (Å²) in [5.74, 6) is 0. The molecule has 0 aliphatic heterocycles. The van der Waals surface area contributed by atoms with Gasteiger partial charge in [0, 0.05) is 0 Å². The van der Waals surface area contributed by atoms with Gasteiger partial charge in [-0.2, -0.15) is 0 Å². The number of hydrogen-bond donors (Lipinski definition) is 0. The van der Waals surface area contributed by atoms with E-state index in [1.165, 1.54) is 36.7 Å². The van der Waals surface area contributed by atoms with Crippen LogP contribution in [-0.2, 0) is 0 Å². The Morgan fingerprint density at radius 1 is 1.08 bits per heavy atom. The maximum absolute atomic E-state index is 5.70. The van der Waals surface area contributed by atoms with Crippen molar-refractivity contribution in [3.8, 4) is 0 Å². The van der Waals surface area contributed by atoms with E-state index in [-0.39, 0.29) is 19.3 Å². The van der Waals surface area contributed by atoms with Gasteiger partial charge in [0.2, 0.25) is 0 Å². The van der Waals surface area contributed by atoms with Crippen LogP contribution in [0.1, 0.15) is 39.0 Å². The van der Waals surface area contributed by atoms with E-state index in [1.54, 1.807) is 0 Å². The van der Waals surface area contributed by atoms with Gasteiger partial charge in [-0.1, -0.05) is 50.5 Å². The standard InChI is InChI=1S/C11H19.ClH.Mg/c1-3-5-7-9-11-10-8-6-4-2;;/h7,9-11H,1,3-6,8H2,2H3;1H;/q;;+1/p-1/b9-7-,11-10+;;. The van der Waals surface area contributed by atoms with Gasteiger partial charge in [0.1, 0.15) is 0 Å². The fourth-order valence-electron chi connectivity index (χ4n) is 1.03. The second kappa shape index (κ2) is 12.5. The van der Waals surface area contributed by atoms with Gasteiger partial charge in [-0.25, -0.2) is 0 Å². The molecule has 0 bridgehead atoms. The lowest BCUT2D eigenvalue weighted by Gasteiger charge is -1.88. The molecule has 0 spiro atoms. The van der Waals surface area contributed by atoms with Gasteiger partial charge in [-0.05, 0) is 12.8 Å². The van der Waals surface area contributed by atoms with Crippen LogP contribution in [0.4, 0.5) is 0 Å².